The van der Waals surface area contributed by atoms with Crippen LogP contribution in [0, 0.1) is 35.5 Å². The van der Waals surface area contributed by atoms with Crippen molar-refractivity contribution in [2.45, 2.75) is 50.7 Å². The first-order chi connectivity index (χ1) is 12.0. The summed E-state index contributed by atoms with van der Waals surface area (Å²) >= 11 is 0. The van der Waals surface area contributed by atoms with Crippen LogP contribution in [-0.4, -0.2) is 43.6 Å². The van der Waals surface area contributed by atoms with Crippen LogP contribution in [0.25, 0.3) is 0 Å². The molecule has 0 radical (unpaired) electrons. The van der Waals surface area contributed by atoms with Gasteiger partial charge in [-0.2, -0.15) is 0 Å². The lowest BCUT2D eigenvalue weighted by Crippen LogP contribution is -2.46. The van der Waals surface area contributed by atoms with Gasteiger partial charge in [-0.3, -0.25) is 4.79 Å². The fourth-order valence-corrected chi connectivity index (χ4v) is 6.30. The van der Waals surface area contributed by atoms with Crippen molar-refractivity contribution in [2.75, 3.05) is 13.7 Å². The second kappa shape index (κ2) is 6.08. The molecule has 0 aromatic rings. The van der Waals surface area contributed by atoms with Gasteiger partial charge in [0, 0.05) is 0 Å². The third-order valence-electron chi connectivity index (χ3n) is 7.28. The second-order valence-electron chi connectivity index (χ2n) is 8.42. The van der Waals surface area contributed by atoms with Gasteiger partial charge in [-0.1, -0.05) is 0 Å². The molecular weight excluding hydrogens is 324 g/mol. The van der Waals surface area contributed by atoms with Crippen molar-refractivity contribution in [2.24, 2.45) is 35.5 Å². The average molecular weight is 350 g/mol. The van der Waals surface area contributed by atoms with Crippen LogP contribution in [0.3, 0.4) is 0 Å². The Bertz CT molecular complexity index is 588. The summed E-state index contributed by atoms with van der Waals surface area (Å²) in [5.74, 6) is 3.02. The molecule has 0 spiro atoms. The molecule has 0 aliphatic heterocycles. The molecule has 4 aliphatic carbocycles. The summed E-state index contributed by atoms with van der Waals surface area (Å²) in [4.78, 5) is 35.2. The number of hydrogen-bond donors (Lipinski definition) is 0. The van der Waals surface area contributed by atoms with Crippen molar-refractivity contribution in [3.63, 3.8) is 0 Å². The zero-order valence-corrected chi connectivity index (χ0v) is 14.8. The van der Waals surface area contributed by atoms with E-state index in [0.717, 1.165) is 30.6 Å². The molecule has 8 atom stereocenters. The summed E-state index contributed by atoms with van der Waals surface area (Å²) in [7, 11) is 1.23. The molecule has 0 aromatic heterocycles. The van der Waals surface area contributed by atoms with Crippen molar-refractivity contribution in [3.8, 4) is 0 Å². The van der Waals surface area contributed by atoms with Crippen LogP contribution in [0.2, 0.25) is 0 Å². The van der Waals surface area contributed by atoms with Gasteiger partial charge < -0.3 is 14.2 Å². The summed E-state index contributed by atoms with van der Waals surface area (Å²) in [6.45, 7) is 0.894. The first kappa shape index (κ1) is 17.0. The highest BCUT2D eigenvalue weighted by Crippen LogP contribution is 2.67. The maximum Gasteiger partial charge on any atom is 0.345 e. The highest BCUT2D eigenvalue weighted by Gasteiger charge is 2.63. The van der Waals surface area contributed by atoms with Gasteiger partial charge in [0.2, 0.25) is 5.60 Å². The number of ether oxygens (including phenoxy) is 3. The molecule has 0 saturated heterocycles. The third kappa shape index (κ3) is 2.60. The number of fused-ring (bicyclic) bond motifs is 9. The highest BCUT2D eigenvalue weighted by atomic mass is 16.6. The largest absolute Gasteiger partial charge is 0.467 e. The SMILES string of the molecule is COC(=O)COC(C)(C=O)C(=O)OC1CC2CC1C1C3CCC(C3)C21. The zero-order chi connectivity index (χ0) is 17.8. The zero-order valence-electron chi connectivity index (χ0n) is 14.8. The Kier molecular flexibility index (Phi) is 4.13. The molecule has 25 heavy (non-hydrogen) atoms. The molecule has 6 nitrogen and oxygen atoms in total. The van der Waals surface area contributed by atoms with E-state index in [1.165, 1.54) is 33.3 Å². The summed E-state index contributed by atoms with van der Waals surface area (Å²) < 4.78 is 15.4. The van der Waals surface area contributed by atoms with Gasteiger partial charge in [0.25, 0.3) is 0 Å². The van der Waals surface area contributed by atoms with Crippen LogP contribution in [0.4, 0.5) is 0 Å². The Labute approximate surface area is 147 Å². The average Bonchev–Trinajstić information content (AvgIpc) is 3.37. The molecule has 0 heterocycles. The van der Waals surface area contributed by atoms with Gasteiger partial charge in [0.15, 0.2) is 6.29 Å². The predicted molar refractivity (Wildman–Crippen MR) is 86.3 cm³/mol. The minimum Gasteiger partial charge on any atom is -0.467 e. The summed E-state index contributed by atoms with van der Waals surface area (Å²) in [6.07, 6.45) is 6.42. The van der Waals surface area contributed by atoms with Gasteiger partial charge in [-0.25, -0.2) is 9.59 Å². The maximum atomic E-state index is 12.6. The molecule has 6 heteroatoms. The molecule has 4 rings (SSSR count). The van der Waals surface area contributed by atoms with E-state index in [2.05, 4.69) is 4.74 Å². The standard InChI is InChI=1S/C19H26O6/c1-19(9-20,24-8-15(21)23-2)18(22)25-14-7-12-6-13(14)17-11-4-3-10(5-11)16(12)17/h9-14,16-17H,3-8H2,1-2H3. The normalized spacial score (nSPS) is 42.7. The maximum absolute atomic E-state index is 12.6. The lowest BCUT2D eigenvalue weighted by molar-refractivity contribution is -0.182. The van der Waals surface area contributed by atoms with Gasteiger partial charge in [-0.05, 0) is 74.5 Å². The first-order valence-electron chi connectivity index (χ1n) is 9.35. The fourth-order valence-electron chi connectivity index (χ4n) is 6.30. The van der Waals surface area contributed by atoms with Gasteiger partial charge in [0.1, 0.15) is 12.7 Å². The van der Waals surface area contributed by atoms with Crippen LogP contribution in [0.5, 0.6) is 0 Å². The van der Waals surface area contributed by atoms with E-state index in [-0.39, 0.29) is 6.10 Å². The highest BCUT2D eigenvalue weighted by molar-refractivity contribution is 5.96. The third-order valence-corrected chi connectivity index (χ3v) is 7.28. The summed E-state index contributed by atoms with van der Waals surface area (Å²) in [5, 5.41) is 0. The minimum atomic E-state index is -1.76. The molecule has 0 amide bonds. The van der Waals surface area contributed by atoms with Crippen molar-refractivity contribution in [1.82, 2.24) is 0 Å². The van der Waals surface area contributed by atoms with Crippen molar-refractivity contribution in [1.29, 1.82) is 0 Å². The molecular formula is C19H26O6. The molecule has 4 fully saturated rings. The predicted octanol–water partition coefficient (Wildman–Crippen LogP) is 1.75. The number of rotatable bonds is 6. The van der Waals surface area contributed by atoms with Crippen molar-refractivity contribution in [3.05, 3.63) is 0 Å². The number of methoxy groups -OCH3 is 1. The van der Waals surface area contributed by atoms with Crippen LogP contribution in [0.1, 0.15) is 39.0 Å². The molecule has 138 valence electrons. The Balaban J connectivity index is 1.40. The molecule has 8 unspecified atom stereocenters. The van der Waals surface area contributed by atoms with E-state index in [9.17, 15) is 14.4 Å². The Hall–Kier alpha value is -1.43. The number of carbonyl (C=O) groups is 3. The van der Waals surface area contributed by atoms with E-state index >= 15 is 0 Å². The molecule has 4 bridgehead atoms. The topological polar surface area (TPSA) is 78.9 Å². The molecule has 0 N–H and O–H groups in total. The van der Waals surface area contributed by atoms with Gasteiger partial charge >= 0.3 is 11.9 Å². The Morgan fingerprint density at radius 3 is 2.48 bits per heavy atom. The monoisotopic (exact) mass is 350 g/mol. The van der Waals surface area contributed by atoms with E-state index in [4.69, 9.17) is 9.47 Å². The lowest BCUT2D eigenvalue weighted by atomic mass is 9.70. The quantitative estimate of drug-likeness (QED) is 0.314. The second-order valence-corrected chi connectivity index (χ2v) is 8.42. The summed E-state index contributed by atoms with van der Waals surface area (Å²) in [5.41, 5.74) is -1.76. The number of aldehydes is 1. The number of hydrogen-bond acceptors (Lipinski definition) is 6. The van der Waals surface area contributed by atoms with Crippen LogP contribution >= 0.6 is 0 Å². The smallest absolute Gasteiger partial charge is 0.345 e. The minimum absolute atomic E-state index is 0.112. The van der Waals surface area contributed by atoms with Gasteiger partial charge in [-0.15, -0.1) is 0 Å². The Morgan fingerprint density at radius 1 is 1.08 bits per heavy atom. The lowest BCUT2D eigenvalue weighted by Gasteiger charge is -2.38. The van der Waals surface area contributed by atoms with Crippen molar-refractivity contribution < 1.29 is 28.6 Å². The van der Waals surface area contributed by atoms with E-state index in [1.807, 2.05) is 0 Å². The van der Waals surface area contributed by atoms with Gasteiger partial charge in [0.05, 0.1) is 7.11 Å². The van der Waals surface area contributed by atoms with E-state index in [1.54, 1.807) is 0 Å². The molecule has 0 aromatic carbocycles. The molecule has 4 aliphatic rings. The number of esters is 2. The Morgan fingerprint density at radius 2 is 1.80 bits per heavy atom. The van der Waals surface area contributed by atoms with Crippen LogP contribution in [-0.2, 0) is 28.6 Å². The van der Waals surface area contributed by atoms with E-state index < -0.39 is 24.1 Å². The van der Waals surface area contributed by atoms with Crippen LogP contribution < -0.4 is 0 Å². The summed E-state index contributed by atoms with van der Waals surface area (Å²) in [6, 6.07) is 0. The van der Waals surface area contributed by atoms with Crippen LogP contribution in [0.15, 0.2) is 0 Å². The number of carbonyl (C=O) groups excluding carboxylic acids is 3. The van der Waals surface area contributed by atoms with Crippen molar-refractivity contribution >= 4 is 18.2 Å². The fraction of sp³-hybridized carbons (Fsp3) is 0.842. The first-order valence-corrected chi connectivity index (χ1v) is 9.35. The molecule has 4 saturated carbocycles. The van der Waals surface area contributed by atoms with E-state index in [0.29, 0.717) is 24.0 Å².